The van der Waals surface area contributed by atoms with Gasteiger partial charge >= 0.3 is 5.97 Å². The number of carbonyl (C=O) groups is 1. The van der Waals surface area contributed by atoms with Crippen LogP contribution in [0.5, 0.6) is 0 Å². The van der Waals surface area contributed by atoms with Gasteiger partial charge in [0.15, 0.2) is 0 Å². The Morgan fingerprint density at radius 2 is 2.40 bits per heavy atom. The van der Waals surface area contributed by atoms with E-state index < -0.39 is 5.97 Å². The quantitative estimate of drug-likeness (QED) is 0.752. The number of carboxylic acids is 1. The van der Waals surface area contributed by atoms with E-state index in [1.54, 1.807) is 12.3 Å². The van der Waals surface area contributed by atoms with Crippen LogP contribution in [-0.4, -0.2) is 25.8 Å². The highest BCUT2D eigenvalue weighted by Gasteiger charge is 2.05. The number of aromatic amines is 1. The van der Waals surface area contributed by atoms with Gasteiger partial charge in [-0.3, -0.25) is 14.7 Å². The van der Waals surface area contributed by atoms with E-state index in [1.807, 2.05) is 0 Å². The lowest BCUT2D eigenvalue weighted by molar-refractivity contribution is -0.137. The number of aliphatic carboxylic acids is 1. The molecule has 2 aromatic heterocycles. The number of nitrogens with zero attached hydrogens (tertiary/aromatic N) is 2. The molecule has 0 saturated carbocycles. The molecule has 6 nitrogen and oxygen atoms in total. The zero-order valence-electron chi connectivity index (χ0n) is 7.80. The fraction of sp³-hybridized carbons (Fsp3) is 0.222. The fourth-order valence-electron chi connectivity index (χ4n) is 1.37. The molecule has 0 aliphatic rings. The number of aryl methyl sites for hydroxylation is 1. The van der Waals surface area contributed by atoms with Crippen molar-refractivity contribution in [3.05, 3.63) is 28.8 Å². The highest BCUT2D eigenvalue weighted by Crippen LogP contribution is 2.03. The summed E-state index contributed by atoms with van der Waals surface area (Å²) in [5.41, 5.74) is 0.439. The molecule has 2 N–H and O–H groups in total. The largest absolute Gasteiger partial charge is 0.481 e. The SMILES string of the molecule is O=C(O)CCn1ccc2[nH]ncc2c1=O. The van der Waals surface area contributed by atoms with E-state index >= 15 is 0 Å². The van der Waals surface area contributed by atoms with Gasteiger partial charge in [0.1, 0.15) is 0 Å². The van der Waals surface area contributed by atoms with Crippen molar-refractivity contribution in [1.29, 1.82) is 0 Å². The van der Waals surface area contributed by atoms with Crippen molar-refractivity contribution >= 4 is 16.9 Å². The van der Waals surface area contributed by atoms with E-state index in [4.69, 9.17) is 5.11 Å². The number of aromatic nitrogens is 3. The van der Waals surface area contributed by atoms with Gasteiger partial charge < -0.3 is 9.67 Å². The smallest absolute Gasteiger partial charge is 0.305 e. The molecule has 6 heteroatoms. The third kappa shape index (κ3) is 1.74. The molecule has 2 aromatic rings. The first kappa shape index (κ1) is 9.45. The topological polar surface area (TPSA) is 88.0 Å². The lowest BCUT2D eigenvalue weighted by Crippen LogP contribution is -2.20. The fourth-order valence-corrected chi connectivity index (χ4v) is 1.37. The summed E-state index contributed by atoms with van der Waals surface area (Å²) in [4.78, 5) is 22.1. The molecule has 15 heavy (non-hydrogen) atoms. The molecular formula is C9H9N3O3. The van der Waals surface area contributed by atoms with Crippen LogP contribution in [0.3, 0.4) is 0 Å². The van der Waals surface area contributed by atoms with Gasteiger partial charge in [-0.2, -0.15) is 5.10 Å². The number of fused-ring (bicyclic) bond motifs is 1. The van der Waals surface area contributed by atoms with E-state index in [2.05, 4.69) is 10.2 Å². The minimum absolute atomic E-state index is 0.0662. The average molecular weight is 207 g/mol. The first-order valence-electron chi connectivity index (χ1n) is 4.43. The highest BCUT2D eigenvalue weighted by molar-refractivity contribution is 5.76. The maximum atomic E-state index is 11.7. The number of H-pyrrole nitrogens is 1. The van der Waals surface area contributed by atoms with E-state index in [-0.39, 0.29) is 18.5 Å². The standard InChI is InChI=1S/C9H9N3O3/c13-8(14)2-4-12-3-1-7-6(9(12)15)5-10-11-7/h1,3,5H,2,4H2,(H,10,11)(H,13,14). The Balaban J connectivity index is 2.40. The second-order valence-electron chi connectivity index (χ2n) is 3.16. The van der Waals surface area contributed by atoms with Gasteiger partial charge in [0.25, 0.3) is 5.56 Å². The van der Waals surface area contributed by atoms with Crippen molar-refractivity contribution in [1.82, 2.24) is 14.8 Å². The summed E-state index contributed by atoms with van der Waals surface area (Å²) in [5, 5.41) is 15.4. The summed E-state index contributed by atoms with van der Waals surface area (Å²) in [5.74, 6) is -0.922. The first-order valence-corrected chi connectivity index (χ1v) is 4.43. The molecule has 0 bridgehead atoms. The van der Waals surface area contributed by atoms with Crippen molar-refractivity contribution in [3.63, 3.8) is 0 Å². The molecule has 0 saturated heterocycles. The summed E-state index contributed by atoms with van der Waals surface area (Å²) >= 11 is 0. The lowest BCUT2D eigenvalue weighted by Gasteiger charge is -2.02. The molecule has 0 aromatic carbocycles. The Labute approximate surface area is 84.2 Å². The van der Waals surface area contributed by atoms with Crippen LogP contribution in [0.2, 0.25) is 0 Å². The van der Waals surface area contributed by atoms with Gasteiger partial charge in [0, 0.05) is 12.7 Å². The molecule has 0 amide bonds. The summed E-state index contributed by atoms with van der Waals surface area (Å²) in [6.07, 6.45) is 2.93. The third-order valence-corrected chi connectivity index (χ3v) is 2.15. The molecule has 0 spiro atoms. The Bertz CT molecular complexity index is 555. The maximum Gasteiger partial charge on any atom is 0.305 e. The van der Waals surface area contributed by atoms with Crippen LogP contribution < -0.4 is 5.56 Å². The Morgan fingerprint density at radius 3 is 3.13 bits per heavy atom. The number of pyridine rings is 1. The molecule has 0 aliphatic carbocycles. The molecule has 0 atom stereocenters. The molecule has 0 unspecified atom stereocenters. The second-order valence-corrected chi connectivity index (χ2v) is 3.16. The van der Waals surface area contributed by atoms with Crippen molar-refractivity contribution in [2.24, 2.45) is 0 Å². The number of rotatable bonds is 3. The summed E-state index contributed by atoms with van der Waals surface area (Å²) in [7, 11) is 0. The Hall–Kier alpha value is -2.11. The number of nitrogens with one attached hydrogen (secondary N) is 1. The summed E-state index contributed by atoms with van der Waals surface area (Å²) < 4.78 is 1.37. The molecular weight excluding hydrogens is 198 g/mol. The first-order chi connectivity index (χ1) is 7.18. The predicted octanol–water partition coefficient (Wildman–Crippen LogP) is 0.199. The normalized spacial score (nSPS) is 10.7. The van der Waals surface area contributed by atoms with Crippen molar-refractivity contribution in [3.8, 4) is 0 Å². The zero-order chi connectivity index (χ0) is 10.8. The van der Waals surface area contributed by atoms with E-state index in [9.17, 15) is 9.59 Å². The minimum Gasteiger partial charge on any atom is -0.481 e. The van der Waals surface area contributed by atoms with Gasteiger partial charge in [-0.25, -0.2) is 0 Å². The third-order valence-electron chi connectivity index (χ3n) is 2.15. The van der Waals surface area contributed by atoms with Crippen LogP contribution in [0.4, 0.5) is 0 Å². The van der Waals surface area contributed by atoms with Crippen molar-refractivity contribution in [2.75, 3.05) is 0 Å². The van der Waals surface area contributed by atoms with E-state index in [0.29, 0.717) is 10.9 Å². The average Bonchev–Trinajstić information content (AvgIpc) is 2.65. The van der Waals surface area contributed by atoms with Crippen molar-refractivity contribution < 1.29 is 9.90 Å². The lowest BCUT2D eigenvalue weighted by atomic mass is 10.3. The van der Waals surface area contributed by atoms with Gasteiger partial charge in [-0.15, -0.1) is 0 Å². The van der Waals surface area contributed by atoms with Crippen LogP contribution in [0, 0.1) is 0 Å². The van der Waals surface area contributed by atoms with E-state index in [0.717, 1.165) is 0 Å². The maximum absolute atomic E-state index is 11.7. The summed E-state index contributed by atoms with van der Waals surface area (Å²) in [6.45, 7) is 0.176. The van der Waals surface area contributed by atoms with Crippen LogP contribution in [0.25, 0.3) is 10.9 Å². The number of hydrogen-bond acceptors (Lipinski definition) is 3. The Kier molecular flexibility index (Phi) is 2.24. The molecule has 78 valence electrons. The molecule has 0 radical (unpaired) electrons. The second kappa shape index (κ2) is 3.56. The zero-order valence-corrected chi connectivity index (χ0v) is 7.80. The van der Waals surface area contributed by atoms with Crippen molar-refractivity contribution in [2.45, 2.75) is 13.0 Å². The molecule has 0 fully saturated rings. The van der Waals surface area contributed by atoms with Crippen LogP contribution in [0.1, 0.15) is 6.42 Å². The van der Waals surface area contributed by atoms with Crippen LogP contribution >= 0.6 is 0 Å². The van der Waals surface area contributed by atoms with Crippen LogP contribution in [0.15, 0.2) is 23.3 Å². The molecule has 0 aliphatic heterocycles. The number of hydrogen-bond donors (Lipinski definition) is 2. The molecule has 2 heterocycles. The van der Waals surface area contributed by atoms with Gasteiger partial charge in [0.05, 0.1) is 23.5 Å². The summed E-state index contributed by atoms with van der Waals surface area (Å²) in [6, 6.07) is 1.70. The van der Waals surface area contributed by atoms with Gasteiger partial charge in [-0.1, -0.05) is 0 Å². The Morgan fingerprint density at radius 1 is 1.60 bits per heavy atom. The van der Waals surface area contributed by atoms with Crippen LogP contribution in [-0.2, 0) is 11.3 Å². The monoisotopic (exact) mass is 207 g/mol. The predicted molar refractivity (Wildman–Crippen MR) is 52.6 cm³/mol. The van der Waals surface area contributed by atoms with Gasteiger partial charge in [0.2, 0.25) is 0 Å². The number of carboxylic acid groups (broad SMARTS) is 1. The minimum atomic E-state index is -0.922. The molecule has 2 rings (SSSR count). The van der Waals surface area contributed by atoms with E-state index in [1.165, 1.54) is 10.8 Å². The highest BCUT2D eigenvalue weighted by atomic mass is 16.4. The van der Waals surface area contributed by atoms with Gasteiger partial charge in [-0.05, 0) is 6.07 Å².